The fourth-order valence-corrected chi connectivity index (χ4v) is 4.47. The van der Waals surface area contributed by atoms with Crippen LogP contribution >= 0.6 is 0 Å². The fraction of sp³-hybridized carbons (Fsp3) is 0.591. The van der Waals surface area contributed by atoms with Gasteiger partial charge < -0.3 is 9.84 Å². The molecule has 0 saturated carbocycles. The number of fused-ring (bicyclic) bond motifs is 3. The van der Waals surface area contributed by atoms with Crippen LogP contribution in [0.5, 0.6) is 5.75 Å². The average Bonchev–Trinajstić information content (AvgIpc) is 2.53. The van der Waals surface area contributed by atoms with Crippen LogP contribution in [0.4, 0.5) is 0 Å². The molecule has 0 bridgehead atoms. The van der Waals surface area contributed by atoms with Gasteiger partial charge in [-0.3, -0.25) is 0 Å². The van der Waals surface area contributed by atoms with E-state index in [9.17, 15) is 9.90 Å². The summed E-state index contributed by atoms with van der Waals surface area (Å²) in [6.45, 7) is 8.68. The molecule has 2 aliphatic rings. The Balaban J connectivity index is 2.07. The van der Waals surface area contributed by atoms with Gasteiger partial charge in [0.15, 0.2) is 0 Å². The van der Waals surface area contributed by atoms with E-state index in [0.717, 1.165) is 55.4 Å². The molecule has 25 heavy (non-hydrogen) atoms. The molecule has 1 aliphatic carbocycles. The van der Waals surface area contributed by atoms with Gasteiger partial charge in [-0.2, -0.15) is 0 Å². The molecule has 1 aromatic rings. The lowest BCUT2D eigenvalue weighted by molar-refractivity contribution is 0.0115. The molecule has 3 nitrogen and oxygen atoms in total. The lowest BCUT2D eigenvalue weighted by atomic mass is 9.68. The van der Waals surface area contributed by atoms with Gasteiger partial charge in [0.05, 0.1) is 5.56 Å². The van der Waals surface area contributed by atoms with Crippen molar-refractivity contribution >= 4 is 5.97 Å². The van der Waals surface area contributed by atoms with E-state index in [1.54, 1.807) is 0 Å². The van der Waals surface area contributed by atoms with E-state index in [2.05, 4.69) is 33.8 Å². The number of hydrogen-bond donors (Lipinski definition) is 1. The summed E-state index contributed by atoms with van der Waals surface area (Å²) in [6.07, 6.45) is 8.60. The van der Waals surface area contributed by atoms with Crippen molar-refractivity contribution in [3.05, 3.63) is 40.5 Å². The lowest BCUT2D eigenvalue weighted by Gasteiger charge is -2.46. The van der Waals surface area contributed by atoms with Crippen LogP contribution in [0.2, 0.25) is 0 Å². The van der Waals surface area contributed by atoms with Crippen LogP contribution in [0.3, 0.4) is 0 Å². The van der Waals surface area contributed by atoms with Gasteiger partial charge in [-0.05, 0) is 64.2 Å². The zero-order valence-corrected chi connectivity index (χ0v) is 15.9. The van der Waals surface area contributed by atoms with E-state index < -0.39 is 5.97 Å². The Morgan fingerprint density at radius 3 is 2.76 bits per heavy atom. The van der Waals surface area contributed by atoms with Gasteiger partial charge in [-0.25, -0.2) is 4.79 Å². The summed E-state index contributed by atoms with van der Waals surface area (Å²) in [5.74, 6) is 0.715. The molecule has 1 heterocycles. The fourth-order valence-electron chi connectivity index (χ4n) is 4.47. The summed E-state index contributed by atoms with van der Waals surface area (Å²) >= 11 is 0. The van der Waals surface area contributed by atoms with Gasteiger partial charge in [0.1, 0.15) is 11.4 Å². The van der Waals surface area contributed by atoms with Gasteiger partial charge in [0, 0.05) is 17.4 Å². The summed E-state index contributed by atoms with van der Waals surface area (Å²) in [6, 6.07) is 3.89. The monoisotopic (exact) mass is 342 g/mol. The first-order valence-corrected chi connectivity index (χ1v) is 9.60. The van der Waals surface area contributed by atoms with E-state index in [0.29, 0.717) is 11.5 Å². The Labute approximate surface area is 151 Å². The summed E-state index contributed by atoms with van der Waals surface area (Å²) < 4.78 is 6.38. The van der Waals surface area contributed by atoms with Gasteiger partial charge in [0.25, 0.3) is 0 Å². The first-order valence-electron chi connectivity index (χ1n) is 9.60. The van der Waals surface area contributed by atoms with Gasteiger partial charge in [0.2, 0.25) is 0 Å². The minimum Gasteiger partial charge on any atom is -0.487 e. The highest BCUT2D eigenvalue weighted by molar-refractivity contribution is 5.90. The van der Waals surface area contributed by atoms with Crippen LogP contribution in [0.15, 0.2) is 23.8 Å². The molecule has 0 saturated heterocycles. The van der Waals surface area contributed by atoms with E-state index in [1.165, 1.54) is 5.57 Å². The zero-order chi connectivity index (χ0) is 18.2. The number of aryl methyl sites for hydroxylation is 1. The van der Waals surface area contributed by atoms with Crippen molar-refractivity contribution in [1.29, 1.82) is 0 Å². The number of carboxylic acid groups (broad SMARTS) is 1. The zero-order valence-electron chi connectivity index (χ0n) is 15.9. The first-order chi connectivity index (χ1) is 11.8. The number of ether oxygens (including phenoxy) is 1. The van der Waals surface area contributed by atoms with Crippen LogP contribution in [-0.4, -0.2) is 16.7 Å². The number of carboxylic acids is 1. The van der Waals surface area contributed by atoms with Crippen molar-refractivity contribution < 1.29 is 14.6 Å². The van der Waals surface area contributed by atoms with Crippen LogP contribution in [0.1, 0.15) is 87.2 Å². The second kappa shape index (κ2) is 6.86. The molecule has 3 rings (SSSR count). The number of hydrogen-bond acceptors (Lipinski definition) is 2. The van der Waals surface area contributed by atoms with Crippen LogP contribution in [0, 0.1) is 5.92 Å². The average molecular weight is 342 g/mol. The van der Waals surface area contributed by atoms with Crippen molar-refractivity contribution in [2.75, 3.05) is 0 Å². The molecular weight excluding hydrogens is 312 g/mol. The molecule has 0 aromatic heterocycles. The third-order valence-electron chi connectivity index (χ3n) is 5.89. The molecule has 0 spiro atoms. The van der Waals surface area contributed by atoms with E-state index in [-0.39, 0.29) is 11.5 Å². The molecule has 2 atom stereocenters. The van der Waals surface area contributed by atoms with E-state index in [1.807, 2.05) is 12.1 Å². The number of benzene rings is 1. The topological polar surface area (TPSA) is 46.5 Å². The summed E-state index contributed by atoms with van der Waals surface area (Å²) in [5.41, 5.74) is 3.59. The second-order valence-corrected chi connectivity index (χ2v) is 8.20. The molecule has 0 radical (unpaired) electrons. The number of carbonyl (C=O) groups is 1. The Hall–Kier alpha value is -1.77. The van der Waals surface area contributed by atoms with Crippen molar-refractivity contribution in [2.45, 2.75) is 77.7 Å². The first kappa shape index (κ1) is 18.0. The van der Waals surface area contributed by atoms with Crippen molar-refractivity contribution in [1.82, 2.24) is 0 Å². The van der Waals surface area contributed by atoms with E-state index >= 15 is 0 Å². The highest BCUT2D eigenvalue weighted by atomic mass is 16.5. The quantitative estimate of drug-likeness (QED) is 0.549. The normalized spacial score (nSPS) is 23.9. The third-order valence-corrected chi connectivity index (χ3v) is 5.89. The largest absolute Gasteiger partial charge is 0.487 e. The summed E-state index contributed by atoms with van der Waals surface area (Å²) in [5, 5.41) is 9.72. The number of unbranched alkanes of at least 4 members (excludes halogenated alkanes) is 2. The second-order valence-electron chi connectivity index (χ2n) is 8.20. The molecule has 1 aromatic carbocycles. The summed E-state index contributed by atoms with van der Waals surface area (Å²) in [7, 11) is 0. The molecular formula is C22H30O3. The molecule has 136 valence electrons. The lowest BCUT2D eigenvalue weighted by Crippen LogP contribution is -2.45. The molecule has 2 unspecified atom stereocenters. The van der Waals surface area contributed by atoms with Crippen LogP contribution in [-0.2, 0) is 6.42 Å². The predicted octanol–water partition coefficient (Wildman–Crippen LogP) is 5.73. The number of aromatic carboxylic acids is 1. The predicted molar refractivity (Wildman–Crippen MR) is 101 cm³/mol. The SMILES string of the molecule is CCCCCc1cc2c(cc1C(=O)O)C1C=C(C)CCC1C(C)(C)O2. The minimum absolute atomic E-state index is 0.222. The minimum atomic E-state index is -0.827. The van der Waals surface area contributed by atoms with Gasteiger partial charge in [-0.1, -0.05) is 31.4 Å². The number of rotatable bonds is 5. The van der Waals surface area contributed by atoms with Crippen molar-refractivity contribution in [3.8, 4) is 5.75 Å². The molecule has 1 aliphatic heterocycles. The van der Waals surface area contributed by atoms with Gasteiger partial charge >= 0.3 is 5.97 Å². The Morgan fingerprint density at radius 2 is 2.08 bits per heavy atom. The maximum atomic E-state index is 11.8. The molecule has 3 heteroatoms. The standard InChI is InChI=1S/C22H30O3/c1-5-6-7-8-15-12-20-18(13-16(15)21(23)24)17-11-14(2)9-10-19(17)22(3,4)25-20/h11-13,17,19H,5-10H2,1-4H3,(H,23,24). The maximum absolute atomic E-state index is 11.8. The number of allylic oxidation sites excluding steroid dienone is 2. The molecule has 0 amide bonds. The maximum Gasteiger partial charge on any atom is 0.335 e. The highest BCUT2D eigenvalue weighted by Gasteiger charge is 2.44. The summed E-state index contributed by atoms with van der Waals surface area (Å²) in [4.78, 5) is 11.8. The Bertz CT molecular complexity index is 699. The Kier molecular flexibility index (Phi) is 4.95. The van der Waals surface area contributed by atoms with Crippen molar-refractivity contribution in [3.63, 3.8) is 0 Å². The third kappa shape index (κ3) is 3.47. The smallest absolute Gasteiger partial charge is 0.335 e. The Morgan fingerprint density at radius 1 is 1.32 bits per heavy atom. The van der Waals surface area contributed by atoms with Crippen molar-refractivity contribution in [2.24, 2.45) is 5.92 Å². The van der Waals surface area contributed by atoms with Crippen LogP contribution in [0.25, 0.3) is 0 Å². The van der Waals surface area contributed by atoms with Crippen LogP contribution < -0.4 is 4.74 Å². The molecule has 0 fully saturated rings. The van der Waals surface area contributed by atoms with Gasteiger partial charge in [-0.15, -0.1) is 0 Å². The van der Waals surface area contributed by atoms with E-state index in [4.69, 9.17) is 4.74 Å². The highest BCUT2D eigenvalue weighted by Crippen LogP contribution is 2.51. The molecule has 1 N–H and O–H groups in total.